The van der Waals surface area contributed by atoms with Gasteiger partial charge in [-0.05, 0) is 60.7 Å². The monoisotopic (exact) mass is 336 g/mol. The zero-order valence-corrected chi connectivity index (χ0v) is 13.0. The summed E-state index contributed by atoms with van der Waals surface area (Å²) >= 11 is 0. The van der Waals surface area contributed by atoms with Gasteiger partial charge in [-0.2, -0.15) is 5.10 Å². The van der Waals surface area contributed by atoms with Gasteiger partial charge in [-0.3, -0.25) is 9.89 Å². The number of fused-ring (bicyclic) bond motifs is 1. The largest absolute Gasteiger partial charge is 0.454 e. The molecular weight excluding hydrogens is 323 g/mol. The van der Waals surface area contributed by atoms with Crippen LogP contribution in [0.3, 0.4) is 0 Å². The molecule has 1 aromatic heterocycles. The van der Waals surface area contributed by atoms with Crippen LogP contribution in [0.5, 0.6) is 11.5 Å². The minimum Gasteiger partial charge on any atom is -0.454 e. The first-order valence-corrected chi connectivity index (χ1v) is 7.62. The van der Waals surface area contributed by atoms with Crippen LogP contribution in [0, 0.1) is 5.82 Å². The van der Waals surface area contributed by atoms with Gasteiger partial charge in [0, 0.05) is 11.1 Å². The number of hydrogen-bond acceptors (Lipinski definition) is 4. The van der Waals surface area contributed by atoms with Crippen molar-refractivity contribution < 1.29 is 18.7 Å². The lowest BCUT2D eigenvalue weighted by molar-refractivity contribution is 0.104. The molecule has 0 spiro atoms. The second-order valence-corrected chi connectivity index (χ2v) is 5.48. The van der Waals surface area contributed by atoms with E-state index >= 15 is 0 Å². The fraction of sp³-hybridized carbons (Fsp3) is 0.0526. The maximum atomic E-state index is 12.9. The summed E-state index contributed by atoms with van der Waals surface area (Å²) in [4.78, 5) is 12.1. The van der Waals surface area contributed by atoms with Crippen molar-refractivity contribution in [1.29, 1.82) is 0 Å². The maximum absolute atomic E-state index is 12.9. The van der Waals surface area contributed by atoms with E-state index in [0.717, 1.165) is 11.3 Å². The van der Waals surface area contributed by atoms with Crippen LogP contribution in [0.25, 0.3) is 17.3 Å². The molecule has 0 fully saturated rings. The molecule has 1 aliphatic heterocycles. The van der Waals surface area contributed by atoms with Crippen molar-refractivity contribution in [2.24, 2.45) is 0 Å². The number of carbonyl (C=O) groups excluding carboxylic acids is 1. The standard InChI is InChI=1S/C19H13FN2O3/c20-14-4-1-12(2-5-14)17(23)7-6-15-10-16(22-21-15)13-3-8-18-19(9-13)25-11-24-18/h1-10H,11H2,(H,21,22). The summed E-state index contributed by atoms with van der Waals surface area (Å²) in [5, 5.41) is 7.11. The zero-order valence-electron chi connectivity index (χ0n) is 13.0. The van der Waals surface area contributed by atoms with Gasteiger partial charge in [-0.15, -0.1) is 0 Å². The molecular formula is C19H13FN2O3. The first-order chi connectivity index (χ1) is 12.2. The Morgan fingerprint density at radius 2 is 1.88 bits per heavy atom. The number of ether oxygens (including phenoxy) is 2. The summed E-state index contributed by atoms with van der Waals surface area (Å²) in [6.45, 7) is 0.221. The van der Waals surface area contributed by atoms with Gasteiger partial charge in [0.1, 0.15) is 5.82 Å². The van der Waals surface area contributed by atoms with Crippen LogP contribution in [0.15, 0.2) is 54.6 Å². The van der Waals surface area contributed by atoms with E-state index in [0.29, 0.717) is 22.8 Å². The molecule has 5 nitrogen and oxygen atoms in total. The normalized spacial score (nSPS) is 12.7. The number of carbonyl (C=O) groups is 1. The lowest BCUT2D eigenvalue weighted by Crippen LogP contribution is -1.93. The summed E-state index contributed by atoms with van der Waals surface area (Å²) < 4.78 is 23.5. The van der Waals surface area contributed by atoms with Gasteiger partial charge in [0.15, 0.2) is 17.3 Å². The molecule has 0 amide bonds. The van der Waals surface area contributed by atoms with Crippen molar-refractivity contribution in [3.05, 3.63) is 71.7 Å². The van der Waals surface area contributed by atoms with E-state index in [2.05, 4.69) is 10.2 Å². The number of ketones is 1. The molecule has 0 bridgehead atoms. The first-order valence-electron chi connectivity index (χ1n) is 7.62. The van der Waals surface area contributed by atoms with Crippen LogP contribution in [0.2, 0.25) is 0 Å². The molecule has 2 heterocycles. The van der Waals surface area contributed by atoms with Crippen molar-refractivity contribution in [3.8, 4) is 22.8 Å². The molecule has 3 aromatic rings. The molecule has 0 atom stereocenters. The Balaban J connectivity index is 1.51. The van der Waals surface area contributed by atoms with E-state index in [1.54, 1.807) is 6.08 Å². The van der Waals surface area contributed by atoms with Crippen LogP contribution < -0.4 is 9.47 Å². The highest BCUT2D eigenvalue weighted by atomic mass is 19.1. The third kappa shape index (κ3) is 3.14. The second kappa shape index (κ2) is 6.24. The fourth-order valence-corrected chi connectivity index (χ4v) is 2.50. The molecule has 0 aliphatic carbocycles. The minimum absolute atomic E-state index is 0.209. The van der Waals surface area contributed by atoms with E-state index in [1.807, 2.05) is 24.3 Å². The quantitative estimate of drug-likeness (QED) is 0.581. The Morgan fingerprint density at radius 3 is 2.72 bits per heavy atom. The van der Waals surface area contributed by atoms with Crippen LogP contribution in [0.4, 0.5) is 4.39 Å². The fourth-order valence-electron chi connectivity index (χ4n) is 2.50. The van der Waals surface area contributed by atoms with Gasteiger partial charge in [0.05, 0.1) is 11.4 Å². The molecule has 2 aromatic carbocycles. The number of nitrogens with zero attached hydrogens (tertiary/aromatic N) is 1. The molecule has 4 rings (SSSR count). The van der Waals surface area contributed by atoms with Gasteiger partial charge in [0.2, 0.25) is 6.79 Å². The smallest absolute Gasteiger partial charge is 0.231 e. The Morgan fingerprint density at radius 1 is 1.08 bits per heavy atom. The summed E-state index contributed by atoms with van der Waals surface area (Å²) in [5.41, 5.74) is 2.72. The third-order valence-corrected chi connectivity index (χ3v) is 3.81. The lowest BCUT2D eigenvalue weighted by Gasteiger charge is -1.98. The van der Waals surface area contributed by atoms with Gasteiger partial charge in [-0.25, -0.2) is 4.39 Å². The summed E-state index contributed by atoms with van der Waals surface area (Å²) in [6.07, 6.45) is 3.05. The molecule has 0 radical (unpaired) electrons. The van der Waals surface area contributed by atoms with Gasteiger partial charge in [-0.1, -0.05) is 0 Å². The predicted molar refractivity (Wildman–Crippen MR) is 89.9 cm³/mol. The maximum Gasteiger partial charge on any atom is 0.231 e. The summed E-state index contributed by atoms with van der Waals surface area (Å²) in [7, 11) is 0. The number of benzene rings is 2. The topological polar surface area (TPSA) is 64.2 Å². The number of allylic oxidation sites excluding steroid dienone is 1. The van der Waals surface area contributed by atoms with Crippen LogP contribution in [-0.2, 0) is 0 Å². The number of aromatic amines is 1. The summed E-state index contributed by atoms with van der Waals surface area (Å²) in [6, 6.07) is 12.8. The number of aromatic nitrogens is 2. The highest BCUT2D eigenvalue weighted by molar-refractivity contribution is 6.06. The molecule has 0 unspecified atom stereocenters. The van der Waals surface area contributed by atoms with Crippen LogP contribution in [0.1, 0.15) is 16.1 Å². The average molecular weight is 336 g/mol. The van der Waals surface area contributed by atoms with Crippen molar-refractivity contribution in [1.82, 2.24) is 10.2 Å². The van der Waals surface area contributed by atoms with Gasteiger partial charge in [0.25, 0.3) is 0 Å². The van der Waals surface area contributed by atoms with Gasteiger partial charge >= 0.3 is 0 Å². The Labute approximate surface area is 142 Å². The zero-order chi connectivity index (χ0) is 17.2. The number of halogens is 1. The summed E-state index contributed by atoms with van der Waals surface area (Å²) in [5.74, 6) is 0.815. The number of H-pyrrole nitrogens is 1. The number of nitrogens with one attached hydrogen (secondary N) is 1. The van der Waals surface area contributed by atoms with E-state index in [1.165, 1.54) is 30.3 Å². The molecule has 124 valence electrons. The van der Waals surface area contributed by atoms with Crippen molar-refractivity contribution >= 4 is 11.9 Å². The third-order valence-electron chi connectivity index (χ3n) is 3.81. The number of hydrogen-bond donors (Lipinski definition) is 1. The number of rotatable bonds is 4. The molecule has 25 heavy (non-hydrogen) atoms. The average Bonchev–Trinajstić information content (AvgIpc) is 3.28. The molecule has 0 saturated carbocycles. The van der Waals surface area contributed by atoms with Crippen LogP contribution in [-0.4, -0.2) is 22.8 Å². The van der Waals surface area contributed by atoms with Crippen LogP contribution >= 0.6 is 0 Å². The van der Waals surface area contributed by atoms with Crippen molar-refractivity contribution in [2.75, 3.05) is 6.79 Å². The molecule has 6 heteroatoms. The van der Waals surface area contributed by atoms with Crippen molar-refractivity contribution in [2.45, 2.75) is 0 Å². The van der Waals surface area contributed by atoms with Gasteiger partial charge < -0.3 is 9.47 Å². The SMILES string of the molecule is O=C(C=Cc1cc(-c2ccc3c(c2)OCO3)n[nH]1)c1ccc(F)cc1. The van der Waals surface area contributed by atoms with Crippen molar-refractivity contribution in [3.63, 3.8) is 0 Å². The molecule has 1 aliphatic rings. The van der Waals surface area contributed by atoms with E-state index in [4.69, 9.17) is 9.47 Å². The first kappa shape index (κ1) is 15.1. The molecule has 0 saturated heterocycles. The molecule has 1 N–H and O–H groups in total. The van der Waals surface area contributed by atoms with E-state index in [9.17, 15) is 9.18 Å². The Bertz CT molecular complexity index is 961. The second-order valence-electron chi connectivity index (χ2n) is 5.48. The Hall–Kier alpha value is -3.41. The van der Waals surface area contributed by atoms with E-state index < -0.39 is 0 Å². The highest BCUT2D eigenvalue weighted by Crippen LogP contribution is 2.35. The lowest BCUT2D eigenvalue weighted by atomic mass is 10.1. The highest BCUT2D eigenvalue weighted by Gasteiger charge is 2.14. The minimum atomic E-state index is -0.373. The van der Waals surface area contributed by atoms with E-state index in [-0.39, 0.29) is 18.4 Å². The Kier molecular flexibility index (Phi) is 3.78. The predicted octanol–water partition coefficient (Wildman–Crippen LogP) is 3.84.